The van der Waals surface area contributed by atoms with Crippen molar-refractivity contribution in [1.29, 1.82) is 0 Å². The molecule has 0 bridgehead atoms. The Balaban J connectivity index is 0. The van der Waals surface area contributed by atoms with Crippen molar-refractivity contribution in [3.05, 3.63) is 0 Å². The molecule has 0 aliphatic carbocycles. The van der Waals surface area contributed by atoms with E-state index in [-0.39, 0.29) is 66.6 Å². The van der Waals surface area contributed by atoms with Crippen molar-refractivity contribution < 1.29 is 19.8 Å². The van der Waals surface area contributed by atoms with Gasteiger partial charge in [-0.05, 0) is 24.2 Å². The van der Waals surface area contributed by atoms with Crippen LogP contribution in [0.1, 0.15) is 79.1 Å². The summed E-state index contributed by atoms with van der Waals surface area (Å²) in [7, 11) is 0. The first-order valence-corrected chi connectivity index (χ1v) is 8.15. The molecule has 0 aliphatic rings. The predicted molar refractivity (Wildman–Crippen MR) is 92.9 cm³/mol. The summed E-state index contributed by atoms with van der Waals surface area (Å²) in [5, 5.41) is 18.1. The first kappa shape index (κ1) is 24.8. The van der Waals surface area contributed by atoms with Crippen LogP contribution >= 0.6 is 0 Å². The van der Waals surface area contributed by atoms with Gasteiger partial charge in [0.1, 0.15) is 0 Å². The van der Waals surface area contributed by atoms with Crippen LogP contribution in [0.5, 0.6) is 0 Å². The summed E-state index contributed by atoms with van der Waals surface area (Å²) >= 11 is 0. The molecule has 0 aromatic heterocycles. The number of unbranched alkanes of at least 4 members (excludes halogenated alkanes) is 5. The standard InChI is InChI=1S/C17H32O4.Ba.2H/c1-5-6-7-8-9-10-11-13(17(2,3)4)12-14(15(18)19)16(20)21;;;/h13-14H,5-12H2,1-4H3,(H,18,19)(H,20,21);;;. The number of hydrogen-bond donors (Lipinski definition) is 2. The fraction of sp³-hybridized carbons (Fsp3) is 0.882. The fourth-order valence-electron chi connectivity index (χ4n) is 2.67. The Morgan fingerprint density at radius 3 is 1.77 bits per heavy atom. The molecule has 0 fully saturated rings. The normalized spacial score (nSPS) is 12.8. The second kappa shape index (κ2) is 12.9. The van der Waals surface area contributed by atoms with Gasteiger partial charge in [-0.15, -0.1) is 0 Å². The SMILES string of the molecule is CCCCCCCCC(CC(C(=O)O)C(=O)O)C(C)(C)C.[BaH2]. The summed E-state index contributed by atoms with van der Waals surface area (Å²) in [4.78, 5) is 22.1. The first-order valence-electron chi connectivity index (χ1n) is 8.15. The van der Waals surface area contributed by atoms with Gasteiger partial charge >= 0.3 is 60.8 Å². The molecule has 0 amide bonds. The summed E-state index contributed by atoms with van der Waals surface area (Å²) in [6, 6.07) is 0. The minimum atomic E-state index is -1.28. The number of carboxylic acid groups (broad SMARTS) is 2. The van der Waals surface area contributed by atoms with E-state index in [4.69, 9.17) is 10.2 Å². The molecule has 0 rings (SSSR count). The van der Waals surface area contributed by atoms with Gasteiger partial charge in [0.2, 0.25) is 0 Å². The van der Waals surface area contributed by atoms with E-state index in [2.05, 4.69) is 27.7 Å². The fourth-order valence-corrected chi connectivity index (χ4v) is 2.67. The predicted octanol–water partition coefficient (Wildman–Crippen LogP) is 3.66. The zero-order chi connectivity index (χ0) is 16.5. The van der Waals surface area contributed by atoms with Crippen molar-refractivity contribution in [2.75, 3.05) is 0 Å². The maximum absolute atomic E-state index is 11.1. The number of carboxylic acids is 2. The van der Waals surface area contributed by atoms with E-state index in [0.717, 1.165) is 19.3 Å². The topological polar surface area (TPSA) is 74.6 Å². The van der Waals surface area contributed by atoms with Crippen LogP contribution < -0.4 is 0 Å². The Bertz CT molecular complexity index is 309. The molecule has 2 N–H and O–H groups in total. The quantitative estimate of drug-likeness (QED) is 0.293. The summed E-state index contributed by atoms with van der Waals surface area (Å²) in [6.07, 6.45) is 8.30. The monoisotopic (exact) mass is 440 g/mol. The average Bonchev–Trinajstić information content (AvgIpc) is 2.34. The molecule has 5 heteroatoms. The summed E-state index contributed by atoms with van der Waals surface area (Å²) in [5.41, 5.74) is -0.0629. The zero-order valence-corrected chi connectivity index (χ0v) is 14.0. The van der Waals surface area contributed by atoms with E-state index in [1.165, 1.54) is 25.7 Å². The third kappa shape index (κ3) is 11.1. The third-order valence-electron chi connectivity index (χ3n) is 4.25. The van der Waals surface area contributed by atoms with Gasteiger partial charge in [-0.2, -0.15) is 0 Å². The van der Waals surface area contributed by atoms with E-state index < -0.39 is 17.9 Å². The van der Waals surface area contributed by atoms with Crippen LogP contribution in [0, 0.1) is 17.3 Å². The molecular weight excluding hydrogens is 406 g/mol. The molecule has 0 aromatic carbocycles. The number of hydrogen-bond acceptors (Lipinski definition) is 2. The van der Waals surface area contributed by atoms with Crippen LogP contribution in [-0.2, 0) is 9.59 Å². The Labute approximate surface area is 175 Å². The van der Waals surface area contributed by atoms with Crippen LogP contribution in [0.15, 0.2) is 0 Å². The molecule has 4 nitrogen and oxygen atoms in total. The van der Waals surface area contributed by atoms with E-state index in [0.29, 0.717) is 0 Å². The molecular formula is C17H34BaO4. The molecule has 0 radical (unpaired) electrons. The van der Waals surface area contributed by atoms with Gasteiger partial charge in [0.05, 0.1) is 0 Å². The van der Waals surface area contributed by atoms with Crippen molar-refractivity contribution in [3.63, 3.8) is 0 Å². The summed E-state index contributed by atoms with van der Waals surface area (Å²) in [5.74, 6) is -3.60. The summed E-state index contributed by atoms with van der Waals surface area (Å²) in [6.45, 7) is 8.38. The van der Waals surface area contributed by atoms with Crippen LogP contribution in [0.3, 0.4) is 0 Å². The van der Waals surface area contributed by atoms with Crippen LogP contribution in [-0.4, -0.2) is 71.0 Å². The van der Waals surface area contributed by atoms with E-state index in [1.54, 1.807) is 0 Å². The van der Waals surface area contributed by atoms with Crippen LogP contribution in [0.2, 0.25) is 0 Å². The van der Waals surface area contributed by atoms with Crippen molar-refractivity contribution in [3.8, 4) is 0 Å². The molecule has 0 heterocycles. The number of rotatable bonds is 11. The van der Waals surface area contributed by atoms with Gasteiger partial charge in [-0.1, -0.05) is 66.2 Å². The summed E-state index contributed by atoms with van der Waals surface area (Å²) < 4.78 is 0. The molecule has 0 aromatic rings. The molecule has 0 spiro atoms. The Hall–Kier alpha value is 0.511. The Kier molecular flexibility index (Phi) is 14.5. The Morgan fingerprint density at radius 1 is 0.909 bits per heavy atom. The van der Waals surface area contributed by atoms with Gasteiger partial charge < -0.3 is 10.2 Å². The van der Waals surface area contributed by atoms with Gasteiger partial charge in [0.25, 0.3) is 0 Å². The molecule has 0 aliphatic heterocycles. The van der Waals surface area contributed by atoms with Crippen LogP contribution in [0.4, 0.5) is 0 Å². The molecule has 22 heavy (non-hydrogen) atoms. The van der Waals surface area contributed by atoms with Gasteiger partial charge in [0, 0.05) is 0 Å². The zero-order valence-electron chi connectivity index (χ0n) is 14.0. The van der Waals surface area contributed by atoms with E-state index in [1.807, 2.05) is 0 Å². The molecule has 0 saturated carbocycles. The van der Waals surface area contributed by atoms with Crippen molar-refractivity contribution in [2.24, 2.45) is 17.3 Å². The van der Waals surface area contributed by atoms with Gasteiger partial charge in [-0.3, -0.25) is 9.59 Å². The molecule has 128 valence electrons. The van der Waals surface area contributed by atoms with Gasteiger partial charge in [-0.25, -0.2) is 0 Å². The molecule has 1 unspecified atom stereocenters. The second-order valence-corrected chi connectivity index (χ2v) is 7.08. The van der Waals surface area contributed by atoms with Crippen molar-refractivity contribution in [1.82, 2.24) is 0 Å². The van der Waals surface area contributed by atoms with Gasteiger partial charge in [0.15, 0.2) is 5.92 Å². The van der Waals surface area contributed by atoms with Crippen LogP contribution in [0.25, 0.3) is 0 Å². The van der Waals surface area contributed by atoms with E-state index >= 15 is 0 Å². The van der Waals surface area contributed by atoms with Crippen molar-refractivity contribution in [2.45, 2.75) is 79.1 Å². The molecule has 1 atom stereocenters. The van der Waals surface area contributed by atoms with Crippen molar-refractivity contribution >= 4 is 60.8 Å². The molecule has 0 saturated heterocycles. The number of carbonyl (C=O) groups is 2. The Morgan fingerprint density at radius 2 is 1.36 bits per heavy atom. The minimum absolute atomic E-state index is 0. The average molecular weight is 440 g/mol. The van der Waals surface area contributed by atoms with E-state index in [9.17, 15) is 9.59 Å². The first-order chi connectivity index (χ1) is 9.70. The second-order valence-electron chi connectivity index (χ2n) is 7.08. The maximum atomic E-state index is 11.1. The number of aliphatic carboxylic acids is 2. The third-order valence-corrected chi connectivity index (χ3v) is 4.25.